The van der Waals surface area contributed by atoms with Gasteiger partial charge in [0.2, 0.25) is 0 Å². The van der Waals surface area contributed by atoms with Crippen molar-refractivity contribution < 1.29 is 9.13 Å². The maximum atomic E-state index is 13.4. The SMILES string of the molecule is CC1=CC(Oc2ccccc2F)=CCC1NN. The number of hydrogen-bond donors (Lipinski definition) is 2. The van der Waals surface area contributed by atoms with E-state index in [0.29, 0.717) is 5.76 Å². The third kappa shape index (κ3) is 2.72. The van der Waals surface area contributed by atoms with E-state index >= 15 is 0 Å². The van der Waals surface area contributed by atoms with E-state index in [1.165, 1.54) is 6.07 Å². The van der Waals surface area contributed by atoms with Gasteiger partial charge in [-0.2, -0.15) is 0 Å². The predicted octanol–water partition coefficient (Wildman–Crippen LogP) is 2.27. The molecule has 1 unspecified atom stereocenters. The van der Waals surface area contributed by atoms with Crippen molar-refractivity contribution in [3.63, 3.8) is 0 Å². The third-order valence-electron chi connectivity index (χ3n) is 2.74. The number of allylic oxidation sites excluding steroid dienone is 1. The van der Waals surface area contributed by atoms with Crippen LogP contribution in [-0.2, 0) is 0 Å². The van der Waals surface area contributed by atoms with Crippen molar-refractivity contribution in [1.29, 1.82) is 0 Å². The van der Waals surface area contributed by atoms with Gasteiger partial charge in [-0.3, -0.25) is 11.3 Å². The zero-order valence-electron chi connectivity index (χ0n) is 9.61. The molecule has 4 heteroatoms. The lowest BCUT2D eigenvalue weighted by molar-refractivity contribution is 0.402. The molecule has 0 radical (unpaired) electrons. The van der Waals surface area contributed by atoms with Gasteiger partial charge in [-0.05, 0) is 37.6 Å². The third-order valence-corrected chi connectivity index (χ3v) is 2.74. The summed E-state index contributed by atoms with van der Waals surface area (Å²) >= 11 is 0. The molecule has 90 valence electrons. The van der Waals surface area contributed by atoms with Gasteiger partial charge >= 0.3 is 0 Å². The largest absolute Gasteiger partial charge is 0.455 e. The number of rotatable bonds is 3. The van der Waals surface area contributed by atoms with Crippen LogP contribution in [0.5, 0.6) is 5.75 Å². The van der Waals surface area contributed by atoms with Crippen LogP contribution in [0.2, 0.25) is 0 Å². The number of nitrogens with one attached hydrogen (secondary N) is 1. The van der Waals surface area contributed by atoms with E-state index in [1.807, 2.05) is 19.1 Å². The van der Waals surface area contributed by atoms with E-state index < -0.39 is 0 Å². The number of para-hydroxylation sites is 1. The smallest absolute Gasteiger partial charge is 0.165 e. The molecule has 0 amide bonds. The summed E-state index contributed by atoms with van der Waals surface area (Å²) < 4.78 is 18.9. The van der Waals surface area contributed by atoms with Crippen LogP contribution in [0.3, 0.4) is 0 Å². The molecular formula is C13H15FN2O. The second-order valence-corrected chi connectivity index (χ2v) is 3.98. The highest BCUT2D eigenvalue weighted by Crippen LogP contribution is 2.23. The highest BCUT2D eigenvalue weighted by atomic mass is 19.1. The van der Waals surface area contributed by atoms with Crippen molar-refractivity contribution in [3.05, 3.63) is 53.6 Å². The monoisotopic (exact) mass is 234 g/mol. The molecule has 17 heavy (non-hydrogen) atoms. The van der Waals surface area contributed by atoms with E-state index in [1.54, 1.807) is 18.2 Å². The van der Waals surface area contributed by atoms with Crippen LogP contribution in [0.4, 0.5) is 4.39 Å². The molecule has 0 spiro atoms. The molecule has 1 aliphatic rings. The maximum Gasteiger partial charge on any atom is 0.165 e. The Morgan fingerprint density at radius 2 is 2.18 bits per heavy atom. The molecule has 0 saturated carbocycles. The molecular weight excluding hydrogens is 219 g/mol. The highest BCUT2D eigenvalue weighted by molar-refractivity contribution is 5.32. The molecule has 1 aromatic rings. The van der Waals surface area contributed by atoms with Gasteiger partial charge in [0, 0.05) is 6.04 Å². The molecule has 0 fully saturated rings. The summed E-state index contributed by atoms with van der Waals surface area (Å²) in [5.41, 5.74) is 3.78. The number of ether oxygens (including phenoxy) is 1. The summed E-state index contributed by atoms with van der Waals surface area (Å²) in [6.07, 6.45) is 4.49. The Hall–Kier alpha value is -1.65. The fourth-order valence-electron chi connectivity index (χ4n) is 1.73. The Morgan fingerprint density at radius 1 is 1.41 bits per heavy atom. The van der Waals surface area contributed by atoms with E-state index in [-0.39, 0.29) is 17.6 Å². The van der Waals surface area contributed by atoms with Crippen LogP contribution >= 0.6 is 0 Å². The molecule has 2 rings (SSSR count). The van der Waals surface area contributed by atoms with Crippen LogP contribution in [0.25, 0.3) is 0 Å². The number of nitrogens with two attached hydrogens (primary N) is 1. The fourth-order valence-corrected chi connectivity index (χ4v) is 1.73. The molecule has 0 heterocycles. The maximum absolute atomic E-state index is 13.4. The van der Waals surface area contributed by atoms with Gasteiger partial charge in [0.25, 0.3) is 0 Å². The second-order valence-electron chi connectivity index (χ2n) is 3.98. The van der Waals surface area contributed by atoms with Gasteiger partial charge in [-0.1, -0.05) is 17.7 Å². The van der Waals surface area contributed by atoms with Crippen molar-refractivity contribution in [1.82, 2.24) is 5.43 Å². The molecule has 3 N–H and O–H groups in total. The molecule has 0 saturated heterocycles. The molecule has 0 aliphatic heterocycles. The van der Waals surface area contributed by atoms with Crippen molar-refractivity contribution in [2.45, 2.75) is 19.4 Å². The topological polar surface area (TPSA) is 47.3 Å². The quantitative estimate of drug-likeness (QED) is 0.623. The summed E-state index contributed by atoms with van der Waals surface area (Å²) in [5, 5.41) is 0. The minimum Gasteiger partial charge on any atom is -0.455 e. The molecule has 1 aliphatic carbocycles. The van der Waals surface area contributed by atoms with Gasteiger partial charge in [-0.15, -0.1) is 0 Å². The predicted molar refractivity (Wildman–Crippen MR) is 64.6 cm³/mol. The summed E-state index contributed by atoms with van der Waals surface area (Å²) in [4.78, 5) is 0. The van der Waals surface area contributed by atoms with Crippen molar-refractivity contribution in [3.8, 4) is 5.75 Å². The zero-order valence-corrected chi connectivity index (χ0v) is 9.61. The number of hydrazine groups is 1. The van der Waals surface area contributed by atoms with Crippen molar-refractivity contribution >= 4 is 0 Å². The normalized spacial score (nSPS) is 19.6. The van der Waals surface area contributed by atoms with Gasteiger partial charge in [0.05, 0.1) is 0 Å². The molecule has 0 aromatic heterocycles. The Morgan fingerprint density at radius 3 is 2.82 bits per heavy atom. The average molecular weight is 234 g/mol. The first kappa shape index (κ1) is 11.8. The molecule has 1 atom stereocenters. The fraction of sp³-hybridized carbons (Fsp3) is 0.231. The van der Waals surface area contributed by atoms with Crippen molar-refractivity contribution in [2.24, 2.45) is 5.84 Å². The summed E-state index contributed by atoms with van der Waals surface area (Å²) in [7, 11) is 0. The van der Waals surface area contributed by atoms with Gasteiger partial charge in [-0.25, -0.2) is 4.39 Å². The van der Waals surface area contributed by atoms with Crippen LogP contribution in [-0.4, -0.2) is 6.04 Å². The number of benzene rings is 1. The Bertz CT molecular complexity index is 468. The molecule has 0 bridgehead atoms. The van der Waals surface area contributed by atoms with E-state index in [9.17, 15) is 4.39 Å². The first-order chi connectivity index (χ1) is 8.20. The van der Waals surface area contributed by atoms with E-state index in [4.69, 9.17) is 10.6 Å². The lowest BCUT2D eigenvalue weighted by atomic mass is 10.0. The minimum absolute atomic E-state index is 0.128. The Kier molecular flexibility index (Phi) is 3.56. The van der Waals surface area contributed by atoms with Crippen LogP contribution in [0.1, 0.15) is 13.3 Å². The summed E-state index contributed by atoms with van der Waals surface area (Å²) in [6, 6.07) is 6.48. The Balaban J connectivity index is 2.12. The summed E-state index contributed by atoms with van der Waals surface area (Å²) in [5.74, 6) is 5.92. The van der Waals surface area contributed by atoms with E-state index in [2.05, 4.69) is 5.43 Å². The lowest BCUT2D eigenvalue weighted by Gasteiger charge is -2.20. The first-order valence-electron chi connectivity index (χ1n) is 5.47. The van der Waals surface area contributed by atoms with Gasteiger partial charge < -0.3 is 4.74 Å². The van der Waals surface area contributed by atoms with Crippen LogP contribution < -0.4 is 16.0 Å². The number of halogens is 1. The number of hydrogen-bond acceptors (Lipinski definition) is 3. The zero-order chi connectivity index (χ0) is 12.3. The standard InChI is InChI=1S/C13H15FN2O/c1-9-8-10(6-7-12(9)16-15)17-13-5-3-2-4-11(13)14/h2-6,8,12,16H,7,15H2,1H3. The summed E-state index contributed by atoms with van der Waals surface area (Å²) in [6.45, 7) is 1.96. The molecule has 3 nitrogen and oxygen atoms in total. The molecule has 1 aromatic carbocycles. The first-order valence-corrected chi connectivity index (χ1v) is 5.47. The van der Waals surface area contributed by atoms with Crippen molar-refractivity contribution in [2.75, 3.05) is 0 Å². The lowest BCUT2D eigenvalue weighted by Crippen LogP contribution is -2.36. The van der Waals surface area contributed by atoms with Crippen LogP contribution in [0.15, 0.2) is 47.7 Å². The van der Waals surface area contributed by atoms with Gasteiger partial charge in [0.15, 0.2) is 11.6 Å². The highest BCUT2D eigenvalue weighted by Gasteiger charge is 2.14. The Labute approximate surface area is 99.7 Å². The van der Waals surface area contributed by atoms with Gasteiger partial charge in [0.1, 0.15) is 5.76 Å². The van der Waals surface area contributed by atoms with Crippen LogP contribution in [0, 0.1) is 5.82 Å². The minimum atomic E-state index is -0.362. The average Bonchev–Trinajstić information content (AvgIpc) is 2.32. The van der Waals surface area contributed by atoms with E-state index in [0.717, 1.165) is 12.0 Å². The second kappa shape index (κ2) is 5.12.